The molecule has 1 fully saturated rings. The second-order valence-corrected chi connectivity index (χ2v) is 6.65. The van der Waals surface area contributed by atoms with Gasteiger partial charge in [0.25, 0.3) is 5.54 Å². The molecule has 0 spiro atoms. The molecule has 6 nitrogen and oxygen atoms in total. The van der Waals surface area contributed by atoms with Crippen molar-refractivity contribution in [2.75, 3.05) is 7.11 Å². The summed E-state index contributed by atoms with van der Waals surface area (Å²) in [5.41, 5.74) is -4.57. The molecule has 1 aliphatic carbocycles. The van der Waals surface area contributed by atoms with Gasteiger partial charge in [-0.15, -0.1) is 0 Å². The van der Waals surface area contributed by atoms with Gasteiger partial charge in [-0.25, -0.2) is 9.59 Å². The molecule has 0 radical (unpaired) electrons. The number of methoxy groups -OCH3 is 1. The number of hydrogen-bond donors (Lipinski definition) is 1. The van der Waals surface area contributed by atoms with Crippen LogP contribution in [0.2, 0.25) is 0 Å². The molecule has 0 aromatic heterocycles. The lowest BCUT2D eigenvalue weighted by molar-refractivity contribution is -0.200. The number of ether oxygens (including phenoxy) is 2. The number of carbonyl (C=O) groups excluding carboxylic acids is 3. The van der Waals surface area contributed by atoms with Gasteiger partial charge >= 0.3 is 18.1 Å². The summed E-state index contributed by atoms with van der Waals surface area (Å²) in [7, 11) is 0.886. The van der Waals surface area contributed by atoms with Crippen LogP contribution in [0.4, 0.5) is 13.2 Å². The van der Waals surface area contributed by atoms with Crippen LogP contribution < -0.4 is 5.32 Å². The van der Waals surface area contributed by atoms with Gasteiger partial charge in [0, 0.05) is 6.42 Å². The lowest BCUT2D eigenvalue weighted by atomic mass is 9.85. The molecule has 0 aromatic rings. The number of carbonyl (C=O) groups is 3. The molecule has 2 aliphatic rings. The third kappa shape index (κ3) is 3.71. The van der Waals surface area contributed by atoms with Gasteiger partial charge in [-0.05, 0) is 19.3 Å². The molecule has 1 amide bonds. The van der Waals surface area contributed by atoms with Gasteiger partial charge in [0.05, 0.1) is 7.11 Å². The van der Waals surface area contributed by atoms with Crippen molar-refractivity contribution in [3.05, 3.63) is 11.3 Å². The quantitative estimate of drug-likeness (QED) is 0.745. The van der Waals surface area contributed by atoms with E-state index in [4.69, 9.17) is 0 Å². The summed E-state index contributed by atoms with van der Waals surface area (Å²) >= 11 is 0. The fourth-order valence-electron chi connectivity index (χ4n) is 3.56. The molecule has 1 atom stereocenters. The van der Waals surface area contributed by atoms with Crippen molar-refractivity contribution in [1.82, 2.24) is 5.32 Å². The summed E-state index contributed by atoms with van der Waals surface area (Å²) in [6.45, 7) is 1.05. The Hall–Kier alpha value is -2.06. The number of amides is 1. The van der Waals surface area contributed by atoms with Crippen LogP contribution in [0.5, 0.6) is 0 Å². The average Bonchev–Trinajstić information content (AvgIpc) is 2.84. The summed E-state index contributed by atoms with van der Waals surface area (Å²) in [4.78, 5) is 36.1. The van der Waals surface area contributed by atoms with Gasteiger partial charge < -0.3 is 14.8 Å². The summed E-state index contributed by atoms with van der Waals surface area (Å²) in [6.07, 6.45) is 0.0931. The first kappa shape index (κ1) is 20.3. The number of nitrogens with one attached hydrogen (secondary N) is 1. The van der Waals surface area contributed by atoms with E-state index in [1.54, 1.807) is 5.32 Å². The van der Waals surface area contributed by atoms with Gasteiger partial charge in [-0.3, -0.25) is 4.79 Å². The second-order valence-electron chi connectivity index (χ2n) is 6.65. The molecule has 0 bridgehead atoms. The molecule has 0 saturated heterocycles. The van der Waals surface area contributed by atoms with Crippen molar-refractivity contribution >= 4 is 17.8 Å². The normalized spacial score (nSPS) is 24.4. The number of alkyl halides is 3. The van der Waals surface area contributed by atoms with Crippen molar-refractivity contribution in [2.24, 2.45) is 5.92 Å². The van der Waals surface area contributed by atoms with Crippen LogP contribution in [0.15, 0.2) is 11.3 Å². The maximum Gasteiger partial charge on any atom is 0.427 e. The van der Waals surface area contributed by atoms with Crippen LogP contribution in [0.3, 0.4) is 0 Å². The zero-order chi connectivity index (χ0) is 19.5. The highest BCUT2D eigenvalue weighted by molar-refractivity contribution is 6.07. The average molecular weight is 377 g/mol. The first-order valence-electron chi connectivity index (χ1n) is 8.53. The van der Waals surface area contributed by atoms with Crippen LogP contribution in [-0.4, -0.2) is 36.7 Å². The Morgan fingerprint density at radius 1 is 1.27 bits per heavy atom. The summed E-state index contributed by atoms with van der Waals surface area (Å²) in [5, 5.41) is 1.72. The minimum Gasteiger partial charge on any atom is -0.465 e. The van der Waals surface area contributed by atoms with Crippen molar-refractivity contribution in [2.45, 2.75) is 63.6 Å². The zero-order valence-electron chi connectivity index (χ0n) is 14.7. The smallest absolute Gasteiger partial charge is 0.427 e. The van der Waals surface area contributed by atoms with Gasteiger partial charge in [-0.2, -0.15) is 13.2 Å². The summed E-state index contributed by atoms with van der Waals surface area (Å²) in [6, 6.07) is 0. The molecule has 2 rings (SSSR count). The summed E-state index contributed by atoms with van der Waals surface area (Å²) in [5.74, 6) is -4.34. The molecule has 0 unspecified atom stereocenters. The van der Waals surface area contributed by atoms with E-state index in [9.17, 15) is 27.6 Å². The Kier molecular flexibility index (Phi) is 5.98. The predicted molar refractivity (Wildman–Crippen MR) is 83.5 cm³/mol. The highest BCUT2D eigenvalue weighted by Crippen LogP contribution is 2.44. The largest absolute Gasteiger partial charge is 0.465 e. The molecule has 1 saturated carbocycles. The van der Waals surface area contributed by atoms with Crippen molar-refractivity contribution in [1.29, 1.82) is 0 Å². The van der Waals surface area contributed by atoms with Gasteiger partial charge in [0.1, 0.15) is 11.3 Å². The van der Waals surface area contributed by atoms with E-state index in [2.05, 4.69) is 9.47 Å². The van der Waals surface area contributed by atoms with E-state index in [0.717, 1.165) is 46.1 Å². The monoisotopic (exact) mass is 377 g/mol. The predicted octanol–water partition coefficient (Wildman–Crippen LogP) is 2.77. The number of hydrogen-bond acceptors (Lipinski definition) is 5. The van der Waals surface area contributed by atoms with Crippen molar-refractivity contribution in [3.8, 4) is 0 Å². The highest BCUT2D eigenvalue weighted by atomic mass is 19.4. The summed E-state index contributed by atoms with van der Waals surface area (Å²) < 4.78 is 50.3. The van der Waals surface area contributed by atoms with Crippen LogP contribution >= 0.6 is 0 Å². The van der Waals surface area contributed by atoms with E-state index in [1.165, 1.54) is 0 Å². The Morgan fingerprint density at radius 3 is 2.42 bits per heavy atom. The van der Waals surface area contributed by atoms with E-state index < -0.39 is 40.9 Å². The number of esters is 2. The van der Waals surface area contributed by atoms with E-state index in [1.807, 2.05) is 0 Å². The van der Waals surface area contributed by atoms with E-state index >= 15 is 0 Å². The number of rotatable bonds is 5. The van der Waals surface area contributed by atoms with E-state index in [0.29, 0.717) is 6.42 Å². The minimum absolute atomic E-state index is 0.163. The number of cyclic esters (lactones) is 1. The second kappa shape index (κ2) is 7.67. The Morgan fingerprint density at radius 2 is 1.88 bits per heavy atom. The molecule has 26 heavy (non-hydrogen) atoms. The maximum atomic E-state index is 13.8. The Balaban J connectivity index is 2.22. The fourth-order valence-corrected chi connectivity index (χ4v) is 3.56. The molecular formula is C17H22F3NO5. The molecule has 1 heterocycles. The molecule has 1 aliphatic heterocycles. The molecule has 1 N–H and O–H groups in total. The third-order valence-corrected chi connectivity index (χ3v) is 4.93. The standard InChI is InChI=1S/C17H22F3NO5/c1-10-13(14(23)25-2)16(15(24)26-10,17(18,19)20)21-12(22)9-8-11-6-4-3-5-7-11/h11H,3-9H2,1-2H3,(H,21,22)/t16-/m0/s1. The number of allylic oxidation sites excluding steroid dienone is 1. The minimum atomic E-state index is -5.26. The Bertz CT molecular complexity index is 622. The first-order valence-corrected chi connectivity index (χ1v) is 8.53. The SMILES string of the molecule is COC(=O)C1=C(C)OC(=O)[C@]1(NC(=O)CCC1CCCCC1)C(F)(F)F. The van der Waals surface area contributed by atoms with Gasteiger partial charge in [0.15, 0.2) is 0 Å². The highest BCUT2D eigenvalue weighted by Gasteiger charge is 2.70. The maximum absolute atomic E-state index is 13.8. The molecule has 0 aromatic carbocycles. The Labute approximate surface area is 149 Å². The van der Waals surface area contributed by atoms with Crippen molar-refractivity contribution in [3.63, 3.8) is 0 Å². The van der Waals surface area contributed by atoms with Crippen LogP contribution in [0.25, 0.3) is 0 Å². The zero-order valence-corrected chi connectivity index (χ0v) is 14.7. The van der Waals surface area contributed by atoms with Crippen molar-refractivity contribution < 1.29 is 37.0 Å². The van der Waals surface area contributed by atoms with Crippen LogP contribution in [-0.2, 0) is 23.9 Å². The first-order chi connectivity index (χ1) is 12.1. The van der Waals surface area contributed by atoms with Crippen LogP contribution in [0.1, 0.15) is 51.9 Å². The molecule has 9 heteroatoms. The van der Waals surface area contributed by atoms with Gasteiger partial charge in [-0.1, -0.05) is 32.1 Å². The fraction of sp³-hybridized carbons (Fsp3) is 0.706. The lowest BCUT2D eigenvalue weighted by Crippen LogP contribution is -2.64. The molecule has 146 valence electrons. The third-order valence-electron chi connectivity index (χ3n) is 4.93. The van der Waals surface area contributed by atoms with E-state index in [-0.39, 0.29) is 12.3 Å². The topological polar surface area (TPSA) is 81.7 Å². The van der Waals surface area contributed by atoms with Gasteiger partial charge in [0.2, 0.25) is 5.91 Å². The number of halogens is 3. The molecular weight excluding hydrogens is 355 g/mol. The lowest BCUT2D eigenvalue weighted by Gasteiger charge is -2.30. The van der Waals surface area contributed by atoms with Crippen LogP contribution in [0, 0.1) is 5.92 Å².